The van der Waals surface area contributed by atoms with Gasteiger partial charge in [0.15, 0.2) is 18.1 Å². The van der Waals surface area contributed by atoms with Gasteiger partial charge < -0.3 is 24.8 Å². The third-order valence-electron chi connectivity index (χ3n) is 3.71. The Bertz CT molecular complexity index is 903. The van der Waals surface area contributed by atoms with Crippen LogP contribution in [0.15, 0.2) is 46.9 Å². The molecule has 0 atom stereocenters. The Morgan fingerprint density at radius 1 is 0.933 bits per heavy atom. The highest BCUT2D eigenvalue weighted by Gasteiger charge is 2.15. The number of nitrogens with one attached hydrogen (secondary N) is 2. The van der Waals surface area contributed by atoms with Gasteiger partial charge in [-0.05, 0) is 60.1 Å². The van der Waals surface area contributed by atoms with Crippen molar-refractivity contribution in [3.63, 3.8) is 0 Å². The molecule has 0 aliphatic carbocycles. The molecule has 2 aromatic carbocycles. The number of hydrogen-bond acceptors (Lipinski definition) is 6. The maximum atomic E-state index is 12.2. The summed E-state index contributed by atoms with van der Waals surface area (Å²) in [5.74, 6) is -0.755. The molecule has 0 unspecified atom stereocenters. The average Bonchev–Trinajstić information content (AvgIpc) is 2.73. The predicted molar refractivity (Wildman–Crippen MR) is 115 cm³/mol. The first-order valence-corrected chi connectivity index (χ1v) is 10.1. The number of amides is 2. The number of ether oxygens (including phenoxy) is 3. The smallest absolute Gasteiger partial charge is 0.338 e. The first kappa shape index (κ1) is 23.2. The fraction of sp³-hybridized carbons (Fsp3) is 0.286. The number of esters is 1. The van der Waals surface area contributed by atoms with Gasteiger partial charge in [-0.1, -0.05) is 12.1 Å². The summed E-state index contributed by atoms with van der Waals surface area (Å²) in [7, 11) is 0. The normalized spacial score (nSPS) is 10.1. The van der Waals surface area contributed by atoms with Crippen LogP contribution in [0.25, 0.3) is 0 Å². The van der Waals surface area contributed by atoms with Crippen LogP contribution in [0.5, 0.6) is 11.5 Å². The van der Waals surface area contributed by atoms with E-state index in [2.05, 4.69) is 26.6 Å². The van der Waals surface area contributed by atoms with E-state index in [-0.39, 0.29) is 12.1 Å². The second kappa shape index (κ2) is 11.8. The third-order valence-corrected chi connectivity index (χ3v) is 4.40. The number of halogens is 1. The van der Waals surface area contributed by atoms with Gasteiger partial charge in [-0.15, -0.1) is 0 Å². The van der Waals surface area contributed by atoms with E-state index in [1.54, 1.807) is 24.3 Å². The standard InChI is InChI=1S/C21H23BrN2O6/c1-3-28-17-10-9-14(11-18(17)29-4-2)21(27)30-13-20(26)23-12-19(25)24-16-8-6-5-7-15(16)22/h5-11H,3-4,12-13H2,1-2H3,(H,23,26)(H,24,25). The van der Waals surface area contributed by atoms with Gasteiger partial charge in [0, 0.05) is 4.47 Å². The van der Waals surface area contributed by atoms with Gasteiger partial charge in [0.25, 0.3) is 5.91 Å². The molecule has 0 fully saturated rings. The van der Waals surface area contributed by atoms with Gasteiger partial charge in [0.1, 0.15) is 0 Å². The summed E-state index contributed by atoms with van der Waals surface area (Å²) in [5, 5.41) is 5.05. The molecule has 2 aromatic rings. The molecule has 9 heteroatoms. The van der Waals surface area contributed by atoms with E-state index >= 15 is 0 Å². The lowest BCUT2D eigenvalue weighted by molar-refractivity contribution is -0.126. The highest BCUT2D eigenvalue weighted by atomic mass is 79.9. The van der Waals surface area contributed by atoms with E-state index in [1.807, 2.05) is 19.9 Å². The molecule has 0 aromatic heterocycles. The molecule has 2 amide bonds. The fourth-order valence-corrected chi connectivity index (χ4v) is 2.76. The van der Waals surface area contributed by atoms with Crippen molar-refractivity contribution in [1.29, 1.82) is 0 Å². The number of hydrogen-bond donors (Lipinski definition) is 2. The molecule has 0 aliphatic heterocycles. The van der Waals surface area contributed by atoms with Crippen molar-refractivity contribution in [3.05, 3.63) is 52.5 Å². The van der Waals surface area contributed by atoms with Crippen molar-refractivity contribution >= 4 is 39.4 Å². The van der Waals surface area contributed by atoms with E-state index in [9.17, 15) is 14.4 Å². The van der Waals surface area contributed by atoms with Gasteiger partial charge in [-0.25, -0.2) is 4.79 Å². The first-order chi connectivity index (χ1) is 14.4. The van der Waals surface area contributed by atoms with Crippen LogP contribution in [0.3, 0.4) is 0 Å². The van der Waals surface area contributed by atoms with E-state index in [0.717, 1.165) is 4.47 Å². The summed E-state index contributed by atoms with van der Waals surface area (Å²) in [4.78, 5) is 36.0. The molecule has 30 heavy (non-hydrogen) atoms. The number of benzene rings is 2. The monoisotopic (exact) mass is 478 g/mol. The van der Waals surface area contributed by atoms with Crippen LogP contribution in [-0.2, 0) is 14.3 Å². The first-order valence-electron chi connectivity index (χ1n) is 9.32. The second-order valence-corrected chi connectivity index (χ2v) is 6.76. The van der Waals surface area contributed by atoms with Gasteiger partial charge in [0.05, 0.1) is 31.0 Å². The molecule has 0 saturated carbocycles. The van der Waals surface area contributed by atoms with Crippen molar-refractivity contribution in [2.45, 2.75) is 13.8 Å². The minimum absolute atomic E-state index is 0.223. The second-order valence-electron chi connectivity index (χ2n) is 5.91. The number of carbonyl (C=O) groups is 3. The Morgan fingerprint density at radius 3 is 2.33 bits per heavy atom. The zero-order valence-corrected chi connectivity index (χ0v) is 18.3. The molecular formula is C21H23BrN2O6. The average molecular weight is 479 g/mol. The summed E-state index contributed by atoms with van der Waals surface area (Å²) in [5.41, 5.74) is 0.810. The molecule has 2 N–H and O–H groups in total. The zero-order chi connectivity index (χ0) is 21.9. The van der Waals surface area contributed by atoms with E-state index < -0.39 is 24.4 Å². The number of carbonyl (C=O) groups excluding carboxylic acids is 3. The van der Waals surface area contributed by atoms with Crippen LogP contribution in [0.4, 0.5) is 5.69 Å². The summed E-state index contributed by atoms with van der Waals surface area (Å²) in [6.07, 6.45) is 0. The molecule has 2 rings (SSSR count). The van der Waals surface area contributed by atoms with Crippen LogP contribution in [0.1, 0.15) is 24.2 Å². The summed E-state index contributed by atoms with van der Waals surface area (Å²) in [6, 6.07) is 11.7. The largest absolute Gasteiger partial charge is 0.490 e. The molecule has 0 saturated heterocycles. The Kier molecular flexibility index (Phi) is 9.14. The lowest BCUT2D eigenvalue weighted by Crippen LogP contribution is -2.35. The molecule has 160 valence electrons. The van der Waals surface area contributed by atoms with Crippen LogP contribution >= 0.6 is 15.9 Å². The maximum absolute atomic E-state index is 12.2. The Morgan fingerprint density at radius 2 is 1.63 bits per heavy atom. The molecule has 0 radical (unpaired) electrons. The minimum Gasteiger partial charge on any atom is -0.490 e. The summed E-state index contributed by atoms with van der Waals surface area (Å²) >= 11 is 3.32. The molecule has 0 spiro atoms. The topological polar surface area (TPSA) is 103 Å². The van der Waals surface area contributed by atoms with Crippen molar-refractivity contribution in [2.75, 3.05) is 31.7 Å². The maximum Gasteiger partial charge on any atom is 0.338 e. The van der Waals surface area contributed by atoms with E-state index in [0.29, 0.717) is 30.4 Å². The quantitative estimate of drug-likeness (QED) is 0.508. The van der Waals surface area contributed by atoms with Crippen molar-refractivity contribution in [3.8, 4) is 11.5 Å². The predicted octanol–water partition coefficient (Wildman–Crippen LogP) is 3.16. The molecular weight excluding hydrogens is 456 g/mol. The van der Waals surface area contributed by atoms with Crippen LogP contribution in [0.2, 0.25) is 0 Å². The Hall–Kier alpha value is -3.07. The van der Waals surface area contributed by atoms with E-state index in [4.69, 9.17) is 14.2 Å². The van der Waals surface area contributed by atoms with Crippen molar-refractivity contribution in [1.82, 2.24) is 5.32 Å². The zero-order valence-electron chi connectivity index (χ0n) is 16.7. The molecule has 8 nitrogen and oxygen atoms in total. The number of rotatable bonds is 10. The Balaban J connectivity index is 1.82. The Labute approximate surface area is 183 Å². The fourth-order valence-electron chi connectivity index (χ4n) is 2.38. The van der Waals surface area contributed by atoms with Gasteiger partial charge in [0.2, 0.25) is 5.91 Å². The van der Waals surface area contributed by atoms with Gasteiger partial charge >= 0.3 is 5.97 Å². The summed E-state index contributed by atoms with van der Waals surface area (Å²) in [6.45, 7) is 3.75. The van der Waals surface area contributed by atoms with Crippen molar-refractivity contribution < 1.29 is 28.6 Å². The van der Waals surface area contributed by atoms with E-state index in [1.165, 1.54) is 12.1 Å². The van der Waals surface area contributed by atoms with Crippen LogP contribution in [-0.4, -0.2) is 44.1 Å². The lowest BCUT2D eigenvalue weighted by Gasteiger charge is -2.12. The number of para-hydroxylation sites is 1. The van der Waals surface area contributed by atoms with Crippen LogP contribution < -0.4 is 20.1 Å². The SMILES string of the molecule is CCOc1ccc(C(=O)OCC(=O)NCC(=O)Nc2ccccc2Br)cc1OCC. The summed E-state index contributed by atoms with van der Waals surface area (Å²) < 4.78 is 16.6. The molecule has 0 aliphatic rings. The third kappa shape index (κ3) is 7.07. The lowest BCUT2D eigenvalue weighted by atomic mass is 10.2. The minimum atomic E-state index is -0.688. The molecule has 0 heterocycles. The van der Waals surface area contributed by atoms with Gasteiger partial charge in [-0.3, -0.25) is 9.59 Å². The van der Waals surface area contributed by atoms with Crippen LogP contribution in [0, 0.1) is 0 Å². The highest BCUT2D eigenvalue weighted by Crippen LogP contribution is 2.28. The number of anilines is 1. The van der Waals surface area contributed by atoms with Gasteiger partial charge in [-0.2, -0.15) is 0 Å². The highest BCUT2D eigenvalue weighted by molar-refractivity contribution is 9.10. The van der Waals surface area contributed by atoms with Crippen molar-refractivity contribution in [2.24, 2.45) is 0 Å². The molecule has 0 bridgehead atoms.